The van der Waals surface area contributed by atoms with Crippen molar-refractivity contribution in [2.75, 3.05) is 10.6 Å². The highest BCUT2D eigenvalue weighted by Crippen LogP contribution is 2.29. The van der Waals surface area contributed by atoms with E-state index in [1.807, 2.05) is 19.1 Å². The molecule has 0 atom stereocenters. The summed E-state index contributed by atoms with van der Waals surface area (Å²) in [5.41, 5.74) is 1.28. The number of para-hydroxylation sites is 1. The third kappa shape index (κ3) is 4.15. The van der Waals surface area contributed by atoms with Gasteiger partial charge in [-0.2, -0.15) is 0 Å². The standard InChI is InChI=1S/C17H14N4O5S2/c1-11-4-2-3-5-14(11)19-16(22)20-17-18-10-15(27-17)28(25,26)13-8-6-12(7-9-13)21(23)24/h2-10H,1H3,(H2,18,19,20,22). The molecule has 0 aliphatic carbocycles. The first-order chi connectivity index (χ1) is 13.3. The van der Waals surface area contributed by atoms with Crippen LogP contribution < -0.4 is 10.6 Å². The Bertz CT molecular complexity index is 1140. The second-order valence-corrected chi connectivity index (χ2v) is 8.84. The Morgan fingerprint density at radius 2 is 1.79 bits per heavy atom. The van der Waals surface area contributed by atoms with E-state index in [0.717, 1.165) is 47.4 Å². The van der Waals surface area contributed by atoms with Crippen LogP contribution in [0.2, 0.25) is 0 Å². The monoisotopic (exact) mass is 418 g/mol. The van der Waals surface area contributed by atoms with Gasteiger partial charge in [-0.3, -0.25) is 15.4 Å². The van der Waals surface area contributed by atoms with E-state index in [1.54, 1.807) is 12.1 Å². The number of nitrogens with zero attached hydrogens (tertiary/aromatic N) is 2. The van der Waals surface area contributed by atoms with Gasteiger partial charge in [-0.1, -0.05) is 29.5 Å². The Hall–Kier alpha value is -3.31. The van der Waals surface area contributed by atoms with Gasteiger partial charge in [0.2, 0.25) is 9.84 Å². The summed E-state index contributed by atoms with van der Waals surface area (Å²) in [6.45, 7) is 1.84. The van der Waals surface area contributed by atoms with E-state index in [0.29, 0.717) is 5.69 Å². The van der Waals surface area contributed by atoms with Gasteiger partial charge in [-0.05, 0) is 30.7 Å². The Morgan fingerprint density at radius 1 is 1.11 bits per heavy atom. The number of carbonyl (C=O) groups excluding carboxylic acids is 1. The number of hydrogen-bond acceptors (Lipinski definition) is 7. The topological polar surface area (TPSA) is 131 Å². The molecule has 2 aromatic carbocycles. The Labute approximate surface area is 164 Å². The fourth-order valence-corrected chi connectivity index (χ4v) is 4.70. The highest BCUT2D eigenvalue weighted by atomic mass is 32.2. The smallest absolute Gasteiger partial charge is 0.307 e. The van der Waals surface area contributed by atoms with Gasteiger partial charge >= 0.3 is 6.03 Å². The van der Waals surface area contributed by atoms with Crippen molar-refractivity contribution in [1.82, 2.24) is 4.98 Å². The van der Waals surface area contributed by atoms with E-state index < -0.39 is 20.8 Å². The number of aryl methyl sites for hydroxylation is 1. The summed E-state index contributed by atoms with van der Waals surface area (Å²) in [5, 5.41) is 15.9. The zero-order valence-corrected chi connectivity index (χ0v) is 16.1. The summed E-state index contributed by atoms with van der Waals surface area (Å²) in [7, 11) is -3.90. The van der Waals surface area contributed by atoms with Crippen molar-refractivity contribution in [3.63, 3.8) is 0 Å². The predicted octanol–water partition coefficient (Wildman–Crippen LogP) is 3.84. The van der Waals surface area contributed by atoms with Crippen LogP contribution in [0.15, 0.2) is 63.8 Å². The molecule has 0 radical (unpaired) electrons. The maximum absolute atomic E-state index is 12.6. The van der Waals surface area contributed by atoms with Crippen molar-refractivity contribution in [3.05, 3.63) is 70.4 Å². The van der Waals surface area contributed by atoms with Crippen LogP contribution in [-0.2, 0) is 9.84 Å². The van der Waals surface area contributed by atoms with E-state index >= 15 is 0 Å². The number of nitrogens with one attached hydrogen (secondary N) is 2. The molecule has 2 N–H and O–H groups in total. The van der Waals surface area contributed by atoms with E-state index in [9.17, 15) is 23.3 Å². The number of hydrogen-bond donors (Lipinski definition) is 2. The van der Waals surface area contributed by atoms with Crippen LogP contribution in [0.4, 0.5) is 21.3 Å². The number of urea groups is 1. The highest BCUT2D eigenvalue weighted by Gasteiger charge is 2.22. The maximum atomic E-state index is 12.6. The van der Waals surface area contributed by atoms with Crippen molar-refractivity contribution < 1.29 is 18.1 Å². The summed E-state index contributed by atoms with van der Waals surface area (Å²) >= 11 is 0.783. The van der Waals surface area contributed by atoms with Crippen LogP contribution >= 0.6 is 11.3 Å². The molecular formula is C17H14N4O5S2. The lowest BCUT2D eigenvalue weighted by Crippen LogP contribution is -2.19. The van der Waals surface area contributed by atoms with Crippen molar-refractivity contribution >= 4 is 43.7 Å². The van der Waals surface area contributed by atoms with E-state index in [2.05, 4.69) is 15.6 Å². The van der Waals surface area contributed by atoms with E-state index in [-0.39, 0.29) is 19.9 Å². The minimum Gasteiger partial charge on any atom is -0.307 e. The van der Waals surface area contributed by atoms with Crippen LogP contribution in [0.25, 0.3) is 0 Å². The normalized spacial score (nSPS) is 11.0. The number of carbonyl (C=O) groups is 1. The zero-order valence-electron chi connectivity index (χ0n) is 14.4. The Kier molecular flexibility index (Phi) is 5.38. The quantitative estimate of drug-likeness (QED) is 0.478. The van der Waals surface area contributed by atoms with Crippen LogP contribution in [-0.4, -0.2) is 24.4 Å². The van der Waals surface area contributed by atoms with Gasteiger partial charge in [0.05, 0.1) is 16.0 Å². The zero-order chi connectivity index (χ0) is 20.3. The molecule has 28 heavy (non-hydrogen) atoms. The summed E-state index contributed by atoms with van der Waals surface area (Å²) < 4.78 is 25.2. The molecule has 0 unspecified atom stereocenters. The van der Waals surface area contributed by atoms with Gasteiger partial charge < -0.3 is 5.32 Å². The predicted molar refractivity (Wildman–Crippen MR) is 104 cm³/mol. The number of nitro groups is 1. The number of amides is 2. The van der Waals surface area contributed by atoms with Gasteiger partial charge in [0.1, 0.15) is 4.21 Å². The van der Waals surface area contributed by atoms with Crippen LogP contribution in [0.1, 0.15) is 5.56 Å². The van der Waals surface area contributed by atoms with Gasteiger partial charge in [-0.15, -0.1) is 0 Å². The molecule has 2 amide bonds. The summed E-state index contributed by atoms with van der Waals surface area (Å²) in [6, 6.07) is 11.2. The highest BCUT2D eigenvalue weighted by molar-refractivity contribution is 7.93. The van der Waals surface area contributed by atoms with Crippen molar-refractivity contribution in [1.29, 1.82) is 0 Å². The van der Waals surface area contributed by atoms with Gasteiger partial charge in [-0.25, -0.2) is 18.2 Å². The number of sulfone groups is 1. The van der Waals surface area contributed by atoms with Crippen LogP contribution in [0, 0.1) is 17.0 Å². The minimum absolute atomic E-state index is 0.0902. The lowest BCUT2D eigenvalue weighted by atomic mass is 10.2. The first kappa shape index (κ1) is 19.5. The Balaban J connectivity index is 1.74. The fraction of sp³-hybridized carbons (Fsp3) is 0.0588. The number of non-ortho nitro benzene ring substituents is 1. The largest absolute Gasteiger partial charge is 0.325 e. The minimum atomic E-state index is -3.90. The van der Waals surface area contributed by atoms with Crippen LogP contribution in [0.5, 0.6) is 0 Å². The van der Waals surface area contributed by atoms with Gasteiger partial charge in [0.15, 0.2) is 5.13 Å². The molecule has 1 aromatic heterocycles. The van der Waals surface area contributed by atoms with Crippen molar-refractivity contribution in [2.24, 2.45) is 0 Å². The third-order valence-electron chi connectivity index (χ3n) is 3.72. The first-order valence-electron chi connectivity index (χ1n) is 7.86. The molecule has 3 aromatic rings. The number of nitro benzene ring substituents is 1. The number of benzene rings is 2. The maximum Gasteiger partial charge on any atom is 0.325 e. The van der Waals surface area contributed by atoms with Gasteiger partial charge in [0, 0.05) is 17.8 Å². The molecule has 0 saturated carbocycles. The summed E-state index contributed by atoms with van der Waals surface area (Å²) in [6.07, 6.45) is 1.13. The molecule has 0 fully saturated rings. The fourth-order valence-electron chi connectivity index (χ4n) is 2.27. The number of thiazole rings is 1. The molecule has 1 heterocycles. The molecule has 0 bridgehead atoms. The van der Waals surface area contributed by atoms with Crippen LogP contribution in [0.3, 0.4) is 0 Å². The van der Waals surface area contributed by atoms with E-state index in [1.165, 1.54) is 0 Å². The lowest BCUT2D eigenvalue weighted by molar-refractivity contribution is -0.384. The third-order valence-corrected chi connectivity index (χ3v) is 6.86. The molecule has 0 spiro atoms. The summed E-state index contributed by atoms with van der Waals surface area (Å²) in [4.78, 5) is 26.0. The number of anilines is 2. The second kappa shape index (κ2) is 7.74. The average molecular weight is 418 g/mol. The number of aromatic nitrogens is 1. The molecule has 9 nitrogen and oxygen atoms in total. The molecule has 0 aliphatic heterocycles. The van der Waals surface area contributed by atoms with Gasteiger partial charge in [0.25, 0.3) is 5.69 Å². The van der Waals surface area contributed by atoms with E-state index in [4.69, 9.17) is 0 Å². The lowest BCUT2D eigenvalue weighted by Gasteiger charge is -2.07. The van der Waals surface area contributed by atoms with Crippen molar-refractivity contribution in [3.8, 4) is 0 Å². The summed E-state index contributed by atoms with van der Waals surface area (Å²) in [5.74, 6) is 0. The molecule has 11 heteroatoms. The Morgan fingerprint density at radius 3 is 2.43 bits per heavy atom. The SMILES string of the molecule is Cc1ccccc1NC(=O)Nc1ncc(S(=O)(=O)c2ccc([N+](=O)[O-])cc2)s1. The molecule has 0 aliphatic rings. The molecule has 3 rings (SSSR count). The molecule has 144 valence electrons. The molecule has 0 saturated heterocycles. The average Bonchev–Trinajstić information content (AvgIpc) is 3.13. The first-order valence-corrected chi connectivity index (χ1v) is 10.2. The molecular weight excluding hydrogens is 404 g/mol. The number of rotatable bonds is 5. The van der Waals surface area contributed by atoms with Crippen molar-refractivity contribution in [2.45, 2.75) is 16.0 Å². The second-order valence-electron chi connectivity index (χ2n) is 5.63.